The van der Waals surface area contributed by atoms with Gasteiger partial charge in [0.1, 0.15) is 0 Å². The number of anilines is 2. The highest BCUT2D eigenvalue weighted by molar-refractivity contribution is 5.44. The van der Waals surface area contributed by atoms with E-state index in [0.29, 0.717) is 5.95 Å². The zero-order chi connectivity index (χ0) is 15.4. The quantitative estimate of drug-likeness (QED) is 0.856. The molecule has 0 fully saturated rings. The van der Waals surface area contributed by atoms with Crippen molar-refractivity contribution in [2.24, 2.45) is 0 Å². The van der Waals surface area contributed by atoms with E-state index in [1.165, 1.54) is 0 Å². The maximum absolute atomic E-state index is 5.86. The molecule has 0 aliphatic rings. The summed E-state index contributed by atoms with van der Waals surface area (Å²) in [5.41, 5.74) is 9.76. The lowest BCUT2D eigenvalue weighted by Gasteiger charge is -2.25. The minimum absolute atomic E-state index is 0.132. The zero-order valence-corrected chi connectivity index (χ0v) is 13.2. The predicted molar refractivity (Wildman–Crippen MR) is 86.3 cm³/mol. The monoisotopic (exact) mass is 285 g/mol. The fourth-order valence-electron chi connectivity index (χ4n) is 2.29. The molecule has 0 spiro atoms. The molecule has 0 aliphatic heterocycles. The second-order valence-electron chi connectivity index (χ2n) is 5.17. The minimum atomic E-state index is 0.132. The number of aromatic nitrogens is 3. The van der Waals surface area contributed by atoms with Gasteiger partial charge in [-0.15, -0.1) is 5.10 Å². The third kappa shape index (κ3) is 3.29. The molecule has 5 heteroatoms. The van der Waals surface area contributed by atoms with Gasteiger partial charge in [-0.3, -0.25) is 0 Å². The molecule has 0 amide bonds. The summed E-state index contributed by atoms with van der Waals surface area (Å²) in [6.45, 7) is 6.27. The summed E-state index contributed by atoms with van der Waals surface area (Å²) in [6.07, 6.45) is 1.73. The number of rotatable bonds is 5. The van der Waals surface area contributed by atoms with Gasteiger partial charge in [0.25, 0.3) is 0 Å². The molecular weight excluding hydrogens is 262 g/mol. The Kier molecular flexibility index (Phi) is 4.73. The zero-order valence-electron chi connectivity index (χ0n) is 13.2. The molecule has 2 N–H and O–H groups in total. The third-order valence-electron chi connectivity index (χ3n) is 3.79. The average Bonchev–Trinajstić information content (AvgIpc) is 2.52. The number of nitrogens with zero attached hydrogens (tertiary/aromatic N) is 4. The summed E-state index contributed by atoms with van der Waals surface area (Å²) < 4.78 is 0. The summed E-state index contributed by atoms with van der Waals surface area (Å²) in [4.78, 5) is 6.68. The minimum Gasteiger partial charge on any atom is -0.399 e. The van der Waals surface area contributed by atoms with Gasteiger partial charge in [0.05, 0.1) is 17.4 Å². The highest BCUT2D eigenvalue weighted by atomic mass is 15.3. The van der Waals surface area contributed by atoms with Crippen molar-refractivity contribution in [2.75, 3.05) is 17.7 Å². The lowest BCUT2D eigenvalue weighted by molar-refractivity contribution is 0.690. The Labute approximate surface area is 126 Å². The first-order valence-electron chi connectivity index (χ1n) is 7.37. The van der Waals surface area contributed by atoms with Gasteiger partial charge < -0.3 is 10.6 Å². The number of nitrogen functional groups attached to an aromatic ring is 1. The number of hydrogen-bond acceptors (Lipinski definition) is 5. The molecule has 0 radical (unpaired) electrons. The molecule has 1 aromatic carbocycles. The van der Waals surface area contributed by atoms with Crippen LogP contribution in [-0.2, 0) is 12.8 Å². The van der Waals surface area contributed by atoms with Crippen molar-refractivity contribution in [1.82, 2.24) is 15.2 Å². The Bertz CT molecular complexity index is 611. The highest BCUT2D eigenvalue weighted by Gasteiger charge is 2.16. The molecule has 112 valence electrons. The van der Waals surface area contributed by atoms with Crippen molar-refractivity contribution in [1.29, 1.82) is 0 Å². The normalized spacial score (nSPS) is 12.2. The molecule has 0 aliphatic carbocycles. The van der Waals surface area contributed by atoms with Crippen molar-refractivity contribution in [3.63, 3.8) is 0 Å². The standard InChI is InChI=1S/C16H23N5/c1-5-14-15(6-2)19-20-16(18-14)21(4)11(3)12-8-7-9-13(17)10-12/h7-11H,5-6,17H2,1-4H3. The van der Waals surface area contributed by atoms with E-state index in [2.05, 4.69) is 42.0 Å². The van der Waals surface area contributed by atoms with Gasteiger partial charge in [-0.25, -0.2) is 4.98 Å². The van der Waals surface area contributed by atoms with E-state index in [0.717, 1.165) is 35.5 Å². The van der Waals surface area contributed by atoms with Crippen LogP contribution in [0.15, 0.2) is 24.3 Å². The molecule has 5 nitrogen and oxygen atoms in total. The maximum Gasteiger partial charge on any atom is 0.245 e. The molecule has 2 aromatic rings. The average molecular weight is 285 g/mol. The number of benzene rings is 1. The summed E-state index contributed by atoms with van der Waals surface area (Å²) in [5.74, 6) is 0.652. The van der Waals surface area contributed by atoms with E-state index < -0.39 is 0 Å². The van der Waals surface area contributed by atoms with Crippen molar-refractivity contribution < 1.29 is 0 Å². The van der Waals surface area contributed by atoms with Crippen LogP contribution in [0.2, 0.25) is 0 Å². The largest absolute Gasteiger partial charge is 0.399 e. The molecule has 21 heavy (non-hydrogen) atoms. The van der Waals surface area contributed by atoms with Gasteiger partial charge in [-0.1, -0.05) is 26.0 Å². The van der Waals surface area contributed by atoms with Crippen LogP contribution in [0.1, 0.15) is 43.8 Å². The first kappa shape index (κ1) is 15.2. The lowest BCUT2D eigenvalue weighted by atomic mass is 10.1. The smallest absolute Gasteiger partial charge is 0.245 e. The second-order valence-corrected chi connectivity index (χ2v) is 5.17. The molecule has 1 aromatic heterocycles. The van der Waals surface area contributed by atoms with E-state index >= 15 is 0 Å². The van der Waals surface area contributed by atoms with Crippen molar-refractivity contribution in [3.05, 3.63) is 41.2 Å². The van der Waals surface area contributed by atoms with Crippen molar-refractivity contribution in [2.45, 2.75) is 39.7 Å². The fourth-order valence-corrected chi connectivity index (χ4v) is 2.29. The predicted octanol–water partition coefficient (Wildman–Crippen LogP) is 2.78. The first-order chi connectivity index (χ1) is 10.1. The molecule has 2 rings (SSSR count). The van der Waals surface area contributed by atoms with E-state index in [9.17, 15) is 0 Å². The van der Waals surface area contributed by atoms with Crippen LogP contribution in [0.4, 0.5) is 11.6 Å². The summed E-state index contributed by atoms with van der Waals surface area (Å²) in [6, 6.07) is 8.03. The van der Waals surface area contributed by atoms with Gasteiger partial charge in [0, 0.05) is 12.7 Å². The SMILES string of the molecule is CCc1nnc(N(C)C(C)c2cccc(N)c2)nc1CC. The summed E-state index contributed by atoms with van der Waals surface area (Å²) in [5, 5.41) is 8.56. The Morgan fingerprint density at radius 1 is 1.14 bits per heavy atom. The summed E-state index contributed by atoms with van der Waals surface area (Å²) in [7, 11) is 1.98. The van der Waals surface area contributed by atoms with Crippen LogP contribution < -0.4 is 10.6 Å². The van der Waals surface area contributed by atoms with Gasteiger partial charge in [0.2, 0.25) is 5.95 Å². The Hall–Kier alpha value is -2.17. The molecule has 0 saturated heterocycles. The van der Waals surface area contributed by atoms with E-state index in [4.69, 9.17) is 5.73 Å². The molecule has 1 atom stereocenters. The van der Waals surface area contributed by atoms with Gasteiger partial charge in [-0.05, 0) is 37.5 Å². The van der Waals surface area contributed by atoms with Crippen LogP contribution in [0.25, 0.3) is 0 Å². The molecular formula is C16H23N5. The second kappa shape index (κ2) is 6.52. The summed E-state index contributed by atoms with van der Waals surface area (Å²) >= 11 is 0. The Morgan fingerprint density at radius 2 is 1.86 bits per heavy atom. The molecule has 1 heterocycles. The van der Waals surface area contributed by atoms with Crippen LogP contribution in [0.3, 0.4) is 0 Å². The fraction of sp³-hybridized carbons (Fsp3) is 0.438. The van der Waals surface area contributed by atoms with E-state index in [-0.39, 0.29) is 6.04 Å². The van der Waals surface area contributed by atoms with Crippen LogP contribution in [-0.4, -0.2) is 22.2 Å². The maximum atomic E-state index is 5.86. The first-order valence-corrected chi connectivity index (χ1v) is 7.37. The molecule has 1 unspecified atom stereocenters. The number of hydrogen-bond donors (Lipinski definition) is 1. The van der Waals surface area contributed by atoms with Crippen molar-refractivity contribution >= 4 is 11.6 Å². The van der Waals surface area contributed by atoms with E-state index in [1.807, 2.05) is 30.1 Å². The van der Waals surface area contributed by atoms with Crippen LogP contribution >= 0.6 is 0 Å². The van der Waals surface area contributed by atoms with Gasteiger partial charge in [-0.2, -0.15) is 5.10 Å². The highest BCUT2D eigenvalue weighted by Crippen LogP contribution is 2.24. The molecule has 0 saturated carbocycles. The van der Waals surface area contributed by atoms with Gasteiger partial charge >= 0.3 is 0 Å². The Morgan fingerprint density at radius 3 is 2.48 bits per heavy atom. The van der Waals surface area contributed by atoms with Crippen LogP contribution in [0.5, 0.6) is 0 Å². The van der Waals surface area contributed by atoms with Gasteiger partial charge in [0.15, 0.2) is 0 Å². The lowest BCUT2D eigenvalue weighted by Crippen LogP contribution is -2.25. The molecule has 0 bridgehead atoms. The van der Waals surface area contributed by atoms with Crippen molar-refractivity contribution in [3.8, 4) is 0 Å². The number of nitrogens with two attached hydrogens (primary N) is 1. The third-order valence-corrected chi connectivity index (χ3v) is 3.79. The topological polar surface area (TPSA) is 67.9 Å². The number of aryl methyl sites for hydroxylation is 2. The van der Waals surface area contributed by atoms with Crippen LogP contribution in [0, 0.1) is 0 Å². The Balaban J connectivity index is 2.29. The van der Waals surface area contributed by atoms with E-state index in [1.54, 1.807) is 0 Å².